The van der Waals surface area contributed by atoms with Crippen molar-refractivity contribution in [2.75, 3.05) is 5.32 Å². The quantitative estimate of drug-likeness (QED) is 0.356. The van der Waals surface area contributed by atoms with Crippen molar-refractivity contribution in [2.24, 2.45) is 0 Å². The number of amides is 1. The molecular formula is C26H27N3O2S. The van der Waals surface area contributed by atoms with Gasteiger partial charge >= 0.3 is 0 Å². The fourth-order valence-electron chi connectivity index (χ4n) is 3.06. The molecule has 0 radical (unpaired) electrons. The van der Waals surface area contributed by atoms with Gasteiger partial charge in [-0.05, 0) is 67.8 Å². The predicted molar refractivity (Wildman–Crippen MR) is 129 cm³/mol. The van der Waals surface area contributed by atoms with Crippen LogP contribution in [0.3, 0.4) is 0 Å². The van der Waals surface area contributed by atoms with Crippen LogP contribution in [0.4, 0.5) is 5.69 Å². The SMILES string of the molecule is CCCCc1ccc(C#N)c(SC(CC)C(=O)Nc2ccc(Oc3ccccc3)cc2)n1. The Bertz CT molecular complexity index is 1060. The minimum Gasteiger partial charge on any atom is -0.457 e. The second kappa shape index (κ2) is 11.9. The number of hydrogen-bond acceptors (Lipinski definition) is 5. The van der Waals surface area contributed by atoms with Crippen LogP contribution in [0.5, 0.6) is 11.5 Å². The molecular weight excluding hydrogens is 418 g/mol. The number of nitrogens with one attached hydrogen (secondary N) is 1. The van der Waals surface area contributed by atoms with Crippen LogP contribution in [0, 0.1) is 11.3 Å². The smallest absolute Gasteiger partial charge is 0.237 e. The number of carbonyl (C=O) groups is 1. The third kappa shape index (κ3) is 6.60. The van der Waals surface area contributed by atoms with Gasteiger partial charge in [-0.15, -0.1) is 0 Å². The molecule has 0 bridgehead atoms. The lowest BCUT2D eigenvalue weighted by molar-refractivity contribution is -0.115. The van der Waals surface area contributed by atoms with Crippen molar-refractivity contribution in [3.63, 3.8) is 0 Å². The van der Waals surface area contributed by atoms with E-state index < -0.39 is 0 Å². The molecule has 3 rings (SSSR count). The zero-order valence-corrected chi connectivity index (χ0v) is 19.2. The van der Waals surface area contributed by atoms with E-state index in [2.05, 4.69) is 23.3 Å². The summed E-state index contributed by atoms with van der Waals surface area (Å²) < 4.78 is 5.79. The number of carbonyl (C=O) groups excluding carboxylic acids is 1. The Morgan fingerprint density at radius 2 is 1.78 bits per heavy atom. The van der Waals surface area contributed by atoms with Gasteiger partial charge in [0.15, 0.2) is 0 Å². The lowest BCUT2D eigenvalue weighted by Gasteiger charge is -2.16. The highest BCUT2D eigenvalue weighted by Gasteiger charge is 2.21. The molecule has 1 atom stereocenters. The maximum Gasteiger partial charge on any atom is 0.237 e. The minimum absolute atomic E-state index is 0.112. The second-order valence-corrected chi connectivity index (χ2v) is 8.51. The number of unbranched alkanes of at least 4 members (excludes halogenated alkanes) is 1. The zero-order valence-electron chi connectivity index (χ0n) is 18.4. The minimum atomic E-state index is -0.351. The van der Waals surface area contributed by atoms with E-state index in [1.807, 2.05) is 67.6 Å². The number of aromatic nitrogens is 1. The normalized spacial score (nSPS) is 11.4. The van der Waals surface area contributed by atoms with E-state index in [0.29, 0.717) is 28.4 Å². The molecule has 3 aromatic rings. The largest absolute Gasteiger partial charge is 0.457 e. The number of anilines is 1. The number of rotatable bonds is 10. The Morgan fingerprint density at radius 1 is 1.06 bits per heavy atom. The van der Waals surface area contributed by atoms with Gasteiger partial charge in [-0.1, -0.05) is 50.2 Å². The van der Waals surface area contributed by atoms with Crippen molar-refractivity contribution < 1.29 is 9.53 Å². The molecule has 2 aromatic carbocycles. The van der Waals surface area contributed by atoms with Crippen molar-refractivity contribution >= 4 is 23.4 Å². The van der Waals surface area contributed by atoms with E-state index in [1.165, 1.54) is 11.8 Å². The Morgan fingerprint density at radius 3 is 2.44 bits per heavy atom. The molecule has 0 aliphatic heterocycles. The summed E-state index contributed by atoms with van der Waals surface area (Å²) in [7, 11) is 0. The summed E-state index contributed by atoms with van der Waals surface area (Å²) in [5.41, 5.74) is 2.15. The molecule has 1 unspecified atom stereocenters. The first kappa shape index (κ1) is 23.4. The summed E-state index contributed by atoms with van der Waals surface area (Å²) in [6, 6.07) is 22.7. The van der Waals surface area contributed by atoms with Gasteiger partial charge in [-0.2, -0.15) is 5.26 Å². The number of hydrogen-bond donors (Lipinski definition) is 1. The Hall–Kier alpha value is -3.30. The van der Waals surface area contributed by atoms with Gasteiger partial charge < -0.3 is 10.1 Å². The Balaban J connectivity index is 1.65. The van der Waals surface area contributed by atoms with Gasteiger partial charge in [-0.3, -0.25) is 4.79 Å². The number of ether oxygens (including phenoxy) is 1. The van der Waals surface area contributed by atoms with Crippen LogP contribution < -0.4 is 10.1 Å². The van der Waals surface area contributed by atoms with Crippen LogP contribution in [-0.2, 0) is 11.2 Å². The number of para-hydroxylation sites is 1. The van der Waals surface area contributed by atoms with Crippen molar-refractivity contribution in [1.82, 2.24) is 4.98 Å². The van der Waals surface area contributed by atoms with Crippen LogP contribution in [0.1, 0.15) is 44.4 Å². The number of aryl methyl sites for hydroxylation is 1. The highest BCUT2D eigenvalue weighted by molar-refractivity contribution is 8.00. The van der Waals surface area contributed by atoms with Gasteiger partial charge in [0.25, 0.3) is 0 Å². The van der Waals surface area contributed by atoms with Gasteiger partial charge in [0.2, 0.25) is 5.91 Å². The van der Waals surface area contributed by atoms with Gasteiger partial charge in [0.1, 0.15) is 22.6 Å². The standard InChI is InChI=1S/C26H27N3O2S/c1-3-5-9-20-13-12-19(18-27)26(29-20)32-24(4-2)25(30)28-21-14-16-23(17-15-21)31-22-10-7-6-8-11-22/h6-8,10-17,24H,3-5,9H2,1-2H3,(H,28,30). The molecule has 0 saturated carbocycles. The van der Waals surface area contributed by atoms with Gasteiger partial charge in [0, 0.05) is 11.4 Å². The molecule has 0 fully saturated rings. The molecule has 1 heterocycles. The molecule has 5 nitrogen and oxygen atoms in total. The summed E-state index contributed by atoms with van der Waals surface area (Å²) in [5, 5.41) is 12.7. The van der Waals surface area contributed by atoms with Crippen LogP contribution in [0.15, 0.2) is 71.8 Å². The lowest BCUT2D eigenvalue weighted by Crippen LogP contribution is -2.24. The van der Waals surface area contributed by atoms with Crippen LogP contribution in [0.2, 0.25) is 0 Å². The topological polar surface area (TPSA) is 75.0 Å². The first-order chi connectivity index (χ1) is 15.6. The summed E-state index contributed by atoms with van der Waals surface area (Å²) in [6.07, 6.45) is 3.62. The average Bonchev–Trinajstić information content (AvgIpc) is 2.83. The average molecular weight is 446 g/mol. The number of pyridine rings is 1. The summed E-state index contributed by atoms with van der Waals surface area (Å²) in [6.45, 7) is 4.10. The molecule has 0 aliphatic carbocycles. The van der Waals surface area contributed by atoms with E-state index in [1.54, 1.807) is 6.07 Å². The summed E-state index contributed by atoms with van der Waals surface area (Å²) in [5.74, 6) is 1.34. The first-order valence-electron chi connectivity index (χ1n) is 10.8. The van der Waals surface area contributed by atoms with Gasteiger partial charge in [-0.25, -0.2) is 4.98 Å². The molecule has 1 amide bonds. The van der Waals surface area contributed by atoms with Crippen molar-refractivity contribution in [2.45, 2.75) is 49.8 Å². The third-order valence-electron chi connectivity index (χ3n) is 4.84. The number of nitrogens with zero attached hydrogens (tertiary/aromatic N) is 2. The van der Waals surface area contributed by atoms with E-state index in [4.69, 9.17) is 4.74 Å². The predicted octanol–water partition coefficient (Wildman–Crippen LogP) is 6.60. The molecule has 6 heteroatoms. The first-order valence-corrected chi connectivity index (χ1v) is 11.7. The fraction of sp³-hybridized carbons (Fsp3) is 0.269. The van der Waals surface area contributed by atoms with Crippen LogP contribution >= 0.6 is 11.8 Å². The van der Waals surface area contributed by atoms with E-state index in [9.17, 15) is 10.1 Å². The highest BCUT2D eigenvalue weighted by atomic mass is 32.2. The third-order valence-corrected chi connectivity index (χ3v) is 6.21. The monoisotopic (exact) mass is 445 g/mol. The maximum atomic E-state index is 12.9. The van der Waals surface area contributed by atoms with Crippen LogP contribution in [-0.4, -0.2) is 16.1 Å². The molecule has 0 spiro atoms. The lowest BCUT2D eigenvalue weighted by atomic mass is 10.2. The highest BCUT2D eigenvalue weighted by Crippen LogP contribution is 2.29. The van der Waals surface area contributed by atoms with E-state index >= 15 is 0 Å². The van der Waals surface area contributed by atoms with Gasteiger partial charge in [0.05, 0.1) is 10.8 Å². The second-order valence-electron chi connectivity index (χ2n) is 7.31. The Labute approximate surface area is 193 Å². The maximum absolute atomic E-state index is 12.9. The molecule has 164 valence electrons. The summed E-state index contributed by atoms with van der Waals surface area (Å²) in [4.78, 5) is 17.6. The van der Waals surface area contributed by atoms with Crippen molar-refractivity contribution in [1.29, 1.82) is 5.26 Å². The zero-order chi connectivity index (χ0) is 22.8. The van der Waals surface area contributed by atoms with Crippen LogP contribution in [0.25, 0.3) is 0 Å². The molecule has 1 N–H and O–H groups in total. The molecule has 0 saturated heterocycles. The fourth-order valence-corrected chi connectivity index (χ4v) is 4.07. The number of benzene rings is 2. The molecule has 1 aromatic heterocycles. The van der Waals surface area contributed by atoms with E-state index in [0.717, 1.165) is 30.7 Å². The number of nitriles is 1. The van der Waals surface area contributed by atoms with Crippen molar-refractivity contribution in [3.05, 3.63) is 78.0 Å². The Kier molecular flexibility index (Phi) is 8.70. The molecule has 32 heavy (non-hydrogen) atoms. The molecule has 0 aliphatic rings. The van der Waals surface area contributed by atoms with E-state index in [-0.39, 0.29) is 11.2 Å². The van der Waals surface area contributed by atoms with Crippen molar-refractivity contribution in [3.8, 4) is 17.6 Å². The number of thioether (sulfide) groups is 1. The summed E-state index contributed by atoms with van der Waals surface area (Å²) >= 11 is 1.35.